The lowest BCUT2D eigenvalue weighted by molar-refractivity contribution is 0.107. The first-order valence-electron chi connectivity index (χ1n) is 13.5. The Morgan fingerprint density at radius 2 is 2.05 bits per heavy atom. The highest BCUT2D eigenvalue weighted by molar-refractivity contribution is 6.04. The Labute approximate surface area is 225 Å². The van der Waals surface area contributed by atoms with Gasteiger partial charge in [0.2, 0.25) is 5.88 Å². The van der Waals surface area contributed by atoms with Crippen molar-refractivity contribution < 1.29 is 13.9 Å². The zero-order valence-corrected chi connectivity index (χ0v) is 23.3. The second kappa shape index (κ2) is 12.0. The van der Waals surface area contributed by atoms with Gasteiger partial charge < -0.3 is 15.2 Å². The summed E-state index contributed by atoms with van der Waals surface area (Å²) in [4.78, 5) is 7.36. The summed E-state index contributed by atoms with van der Waals surface area (Å²) < 4.78 is 29.3. The average molecular weight is 522 g/mol. The number of allylic oxidation sites excluding steroid dienone is 3. The van der Waals surface area contributed by atoms with Crippen molar-refractivity contribution in [2.45, 2.75) is 59.1 Å². The summed E-state index contributed by atoms with van der Waals surface area (Å²) in [7, 11) is 1.82. The van der Waals surface area contributed by atoms with Crippen molar-refractivity contribution in [2.75, 3.05) is 26.2 Å². The van der Waals surface area contributed by atoms with Crippen LogP contribution in [0.4, 0.5) is 4.39 Å². The first-order valence-corrected chi connectivity index (χ1v) is 13.5. The number of aliphatic imine (C=N–C) groups is 1. The Kier molecular flexibility index (Phi) is 8.72. The fourth-order valence-electron chi connectivity index (χ4n) is 5.30. The van der Waals surface area contributed by atoms with E-state index in [0.29, 0.717) is 42.6 Å². The molecular formula is C30H40FN5O2. The van der Waals surface area contributed by atoms with Gasteiger partial charge in [0.05, 0.1) is 29.7 Å². The summed E-state index contributed by atoms with van der Waals surface area (Å²) in [6.45, 7) is 15.0. The van der Waals surface area contributed by atoms with Gasteiger partial charge in [-0.15, -0.1) is 0 Å². The monoisotopic (exact) mass is 521 g/mol. The van der Waals surface area contributed by atoms with Crippen molar-refractivity contribution in [3.63, 3.8) is 0 Å². The normalized spacial score (nSPS) is 23.7. The second-order valence-electron chi connectivity index (χ2n) is 10.0. The van der Waals surface area contributed by atoms with Crippen molar-refractivity contribution in [2.24, 2.45) is 17.8 Å². The molecule has 1 aromatic carbocycles. The highest BCUT2D eigenvalue weighted by Crippen LogP contribution is 2.36. The zero-order chi connectivity index (χ0) is 27.4. The van der Waals surface area contributed by atoms with Crippen LogP contribution in [0.5, 0.6) is 5.88 Å². The van der Waals surface area contributed by atoms with Gasteiger partial charge in [-0.05, 0) is 81.5 Å². The van der Waals surface area contributed by atoms with Crippen LogP contribution in [0.3, 0.4) is 0 Å². The number of nitrogens with zero attached hydrogens (tertiary/aromatic N) is 4. The van der Waals surface area contributed by atoms with Crippen LogP contribution in [-0.4, -0.2) is 58.8 Å². The van der Waals surface area contributed by atoms with Gasteiger partial charge in [-0.1, -0.05) is 19.6 Å². The van der Waals surface area contributed by atoms with E-state index in [0.717, 1.165) is 53.8 Å². The van der Waals surface area contributed by atoms with E-state index in [9.17, 15) is 0 Å². The zero-order valence-electron chi connectivity index (χ0n) is 23.3. The third kappa shape index (κ3) is 5.70. The number of aromatic nitrogens is 2. The second-order valence-corrected chi connectivity index (χ2v) is 10.0. The third-order valence-corrected chi connectivity index (χ3v) is 7.29. The number of hydrogen-bond donors (Lipinski definition) is 1. The van der Waals surface area contributed by atoms with Crippen LogP contribution in [0.15, 0.2) is 53.5 Å². The molecule has 2 unspecified atom stereocenters. The van der Waals surface area contributed by atoms with Crippen LogP contribution >= 0.6 is 0 Å². The maximum absolute atomic E-state index is 15.3. The molecule has 3 heterocycles. The Balaban J connectivity index is 1.91. The maximum Gasteiger partial charge on any atom is 0.220 e. The fraction of sp³-hybridized carbons (Fsp3) is 0.467. The standard InChI is InChI=1S/C30H40FN5O2/c1-7-13-33-27-18-36-14-9-10-28(36)21(5)38-30-25(17-34-35(30)6)24-16-23(20(4)15-26(24)31)19(3)11-12-22(27)29(32)37-8-2/h11-12,15-17,21,28H,3,7-10,13-14,18,32H2,1-2,4-6H3/b12-11+,29-22+,33-27?. The van der Waals surface area contributed by atoms with Crippen LogP contribution in [-0.2, 0) is 11.8 Å². The van der Waals surface area contributed by atoms with Crippen molar-refractivity contribution in [1.82, 2.24) is 14.7 Å². The first-order chi connectivity index (χ1) is 18.2. The van der Waals surface area contributed by atoms with Gasteiger partial charge in [0.25, 0.3) is 0 Å². The van der Waals surface area contributed by atoms with Crippen LogP contribution in [0.25, 0.3) is 16.7 Å². The van der Waals surface area contributed by atoms with Crippen molar-refractivity contribution in [3.05, 3.63) is 65.5 Å². The Morgan fingerprint density at radius 3 is 2.79 bits per heavy atom. The van der Waals surface area contributed by atoms with Crippen molar-refractivity contribution in [3.8, 4) is 17.0 Å². The van der Waals surface area contributed by atoms with Gasteiger partial charge in [-0.25, -0.2) is 9.07 Å². The summed E-state index contributed by atoms with van der Waals surface area (Å²) >= 11 is 0. The summed E-state index contributed by atoms with van der Waals surface area (Å²) in [5.74, 6) is 0.566. The molecular weight excluding hydrogens is 481 g/mol. The lowest BCUT2D eigenvalue weighted by Crippen LogP contribution is -2.43. The van der Waals surface area contributed by atoms with Gasteiger partial charge >= 0.3 is 0 Å². The first kappa shape index (κ1) is 27.6. The minimum Gasteiger partial charge on any atom is -0.479 e. The molecule has 2 aliphatic rings. The molecule has 0 saturated carbocycles. The predicted molar refractivity (Wildman–Crippen MR) is 152 cm³/mol. The number of benzene rings is 1. The number of rotatable bonds is 4. The number of ether oxygens (including phenoxy) is 2. The molecule has 4 rings (SSSR count). The molecule has 2 aliphatic heterocycles. The number of halogens is 1. The highest BCUT2D eigenvalue weighted by atomic mass is 19.1. The number of fused-ring (bicyclic) bond motifs is 5. The van der Waals surface area contributed by atoms with Gasteiger partial charge in [-0.3, -0.25) is 9.89 Å². The molecule has 0 radical (unpaired) electrons. The van der Waals surface area contributed by atoms with Gasteiger partial charge in [0.15, 0.2) is 5.88 Å². The SMILES string of the molecule is C=C1/C=C/C(=C(/N)OCC)C(=NCCC)CN2CCCC2C(C)Oc2c(cnn2C)-c2cc1c(C)cc2F. The van der Waals surface area contributed by atoms with Gasteiger partial charge in [-0.2, -0.15) is 5.10 Å². The maximum atomic E-state index is 15.3. The molecule has 204 valence electrons. The number of aryl methyl sites for hydroxylation is 2. The quantitative estimate of drug-likeness (QED) is 0.545. The van der Waals surface area contributed by atoms with Crippen molar-refractivity contribution >= 4 is 11.3 Å². The highest BCUT2D eigenvalue weighted by Gasteiger charge is 2.33. The van der Waals surface area contributed by atoms with Gasteiger partial charge in [0.1, 0.15) is 11.9 Å². The fourth-order valence-corrected chi connectivity index (χ4v) is 5.30. The molecule has 1 fully saturated rings. The Bertz CT molecular complexity index is 1280. The number of hydrogen-bond acceptors (Lipinski definition) is 6. The van der Waals surface area contributed by atoms with E-state index in [-0.39, 0.29) is 18.0 Å². The van der Waals surface area contributed by atoms with Gasteiger partial charge in [0, 0.05) is 31.7 Å². The predicted octanol–water partition coefficient (Wildman–Crippen LogP) is 5.41. The number of nitrogens with two attached hydrogens (primary N) is 1. The smallest absolute Gasteiger partial charge is 0.220 e. The largest absolute Gasteiger partial charge is 0.479 e. The molecule has 2 N–H and O–H groups in total. The molecule has 0 aliphatic carbocycles. The minimum absolute atomic E-state index is 0.153. The van der Waals surface area contributed by atoms with E-state index < -0.39 is 0 Å². The molecule has 7 nitrogen and oxygen atoms in total. The lowest BCUT2D eigenvalue weighted by Gasteiger charge is -2.30. The molecule has 1 aromatic heterocycles. The average Bonchev–Trinajstić information content (AvgIpc) is 3.48. The Morgan fingerprint density at radius 1 is 1.26 bits per heavy atom. The van der Waals surface area contributed by atoms with Crippen LogP contribution < -0.4 is 10.5 Å². The van der Waals surface area contributed by atoms with E-state index in [1.165, 1.54) is 0 Å². The molecule has 0 amide bonds. The summed E-state index contributed by atoms with van der Waals surface area (Å²) in [6.07, 6.45) is 8.33. The summed E-state index contributed by atoms with van der Waals surface area (Å²) in [5.41, 5.74) is 11.5. The molecule has 2 aromatic rings. The van der Waals surface area contributed by atoms with Crippen LogP contribution in [0, 0.1) is 12.7 Å². The van der Waals surface area contributed by atoms with E-state index >= 15 is 4.39 Å². The molecule has 2 atom stereocenters. The van der Waals surface area contributed by atoms with E-state index in [4.69, 9.17) is 20.2 Å². The van der Waals surface area contributed by atoms with Crippen LogP contribution in [0.1, 0.15) is 51.2 Å². The van der Waals surface area contributed by atoms with E-state index in [1.54, 1.807) is 16.9 Å². The molecule has 1 saturated heterocycles. The third-order valence-electron chi connectivity index (χ3n) is 7.29. The summed E-state index contributed by atoms with van der Waals surface area (Å²) in [6, 6.07) is 3.52. The molecule has 8 heteroatoms. The van der Waals surface area contributed by atoms with Crippen molar-refractivity contribution in [1.29, 1.82) is 0 Å². The lowest BCUT2D eigenvalue weighted by atomic mass is 9.95. The minimum atomic E-state index is -0.324. The molecule has 38 heavy (non-hydrogen) atoms. The Hall–Kier alpha value is -3.39. The van der Waals surface area contributed by atoms with Crippen LogP contribution in [0.2, 0.25) is 0 Å². The van der Waals surface area contributed by atoms with E-state index in [1.807, 2.05) is 39.1 Å². The molecule has 0 spiro atoms. The topological polar surface area (TPSA) is 77.9 Å². The van der Waals surface area contributed by atoms with E-state index in [2.05, 4.69) is 30.4 Å². The molecule has 2 bridgehead atoms. The summed E-state index contributed by atoms with van der Waals surface area (Å²) in [5, 5.41) is 4.41.